The molecule has 5 heteroatoms. The predicted octanol–water partition coefficient (Wildman–Crippen LogP) is 3.08. The van der Waals surface area contributed by atoms with Crippen molar-refractivity contribution < 1.29 is 0 Å². The summed E-state index contributed by atoms with van der Waals surface area (Å²) in [5, 5.41) is 8.79. The fourth-order valence-electron chi connectivity index (χ4n) is 3.52. The topological polar surface area (TPSA) is 101 Å². The Morgan fingerprint density at radius 2 is 1.96 bits per heavy atom. The van der Waals surface area contributed by atoms with Crippen LogP contribution in [0.25, 0.3) is 16.5 Å². The van der Waals surface area contributed by atoms with Crippen LogP contribution in [0, 0.1) is 5.41 Å². The number of rotatable bonds is 3. The second-order valence-corrected chi connectivity index (χ2v) is 6.22. The highest BCUT2D eigenvalue weighted by atomic mass is 14.7. The molecule has 5 N–H and O–H groups in total. The quantitative estimate of drug-likeness (QED) is 0.598. The van der Waals surface area contributed by atoms with Crippen molar-refractivity contribution >= 4 is 34.6 Å². The summed E-state index contributed by atoms with van der Waals surface area (Å²) in [6, 6.07) is 3.75. The monoisotopic (exact) mass is 321 g/mol. The van der Waals surface area contributed by atoms with E-state index in [2.05, 4.69) is 4.99 Å². The molecule has 1 heterocycles. The van der Waals surface area contributed by atoms with Gasteiger partial charge in [0.2, 0.25) is 0 Å². The number of pyridine rings is 1. The van der Waals surface area contributed by atoms with E-state index < -0.39 is 0 Å². The third-order valence-electron chi connectivity index (χ3n) is 4.63. The first-order valence-corrected chi connectivity index (χ1v) is 8.21. The molecule has 1 aliphatic carbocycles. The molecule has 0 saturated carbocycles. The normalized spacial score (nSPS) is 15.4. The number of aromatic nitrogens is 1. The molecule has 2 aromatic rings. The van der Waals surface area contributed by atoms with Crippen LogP contribution in [0.5, 0.6) is 0 Å². The van der Waals surface area contributed by atoms with Gasteiger partial charge in [-0.15, -0.1) is 0 Å². The standard InChI is InChI=1S/C19H23N5/c1-11(21)15(10-23-2)19-13-6-4-3-5-12(13)18-14(9-20)16(22)7-8-17(18)24-19/h7-10,20H,3-6,21-22H2,1-2H3. The van der Waals surface area contributed by atoms with Crippen LogP contribution in [0.3, 0.4) is 0 Å². The van der Waals surface area contributed by atoms with Crippen molar-refractivity contribution in [3.05, 3.63) is 40.2 Å². The Kier molecular flexibility index (Phi) is 4.34. The van der Waals surface area contributed by atoms with E-state index in [1.54, 1.807) is 13.3 Å². The second kappa shape index (κ2) is 6.43. The number of anilines is 1. The largest absolute Gasteiger partial charge is 0.402 e. The summed E-state index contributed by atoms with van der Waals surface area (Å²) in [5.41, 5.74) is 19.4. The molecule has 0 radical (unpaired) electrons. The molecule has 0 fully saturated rings. The summed E-state index contributed by atoms with van der Waals surface area (Å²) >= 11 is 0. The number of aryl methyl sites for hydroxylation is 1. The minimum atomic E-state index is 0.626. The van der Waals surface area contributed by atoms with Crippen LogP contribution in [0.4, 0.5) is 5.69 Å². The van der Waals surface area contributed by atoms with E-state index in [4.69, 9.17) is 21.9 Å². The number of fused-ring (bicyclic) bond motifs is 3. The van der Waals surface area contributed by atoms with Crippen LogP contribution >= 0.6 is 0 Å². The van der Waals surface area contributed by atoms with Gasteiger partial charge in [0, 0.05) is 47.4 Å². The van der Waals surface area contributed by atoms with Crippen molar-refractivity contribution in [1.82, 2.24) is 4.98 Å². The molecule has 0 atom stereocenters. The van der Waals surface area contributed by atoms with Crippen LogP contribution in [-0.4, -0.2) is 24.5 Å². The Bertz CT molecular complexity index is 873. The van der Waals surface area contributed by atoms with Crippen LogP contribution in [-0.2, 0) is 12.8 Å². The average molecular weight is 321 g/mol. The van der Waals surface area contributed by atoms with E-state index in [1.165, 1.54) is 17.3 Å². The van der Waals surface area contributed by atoms with Crippen LogP contribution < -0.4 is 11.5 Å². The lowest BCUT2D eigenvalue weighted by Gasteiger charge is -2.23. The van der Waals surface area contributed by atoms with Gasteiger partial charge in [-0.25, -0.2) is 4.98 Å². The Labute approximate surface area is 142 Å². The first kappa shape index (κ1) is 16.2. The van der Waals surface area contributed by atoms with E-state index in [1.807, 2.05) is 19.1 Å². The predicted molar refractivity (Wildman–Crippen MR) is 102 cm³/mol. The third kappa shape index (κ3) is 2.56. The Morgan fingerprint density at radius 1 is 1.25 bits per heavy atom. The summed E-state index contributed by atoms with van der Waals surface area (Å²) in [6.07, 6.45) is 7.34. The van der Waals surface area contributed by atoms with E-state index in [0.717, 1.165) is 53.4 Å². The molecule has 3 rings (SSSR count). The van der Waals surface area contributed by atoms with Crippen molar-refractivity contribution in [3.8, 4) is 0 Å². The summed E-state index contributed by atoms with van der Waals surface area (Å²) in [5.74, 6) is 0. The van der Waals surface area contributed by atoms with E-state index in [9.17, 15) is 0 Å². The zero-order valence-corrected chi connectivity index (χ0v) is 14.2. The minimum Gasteiger partial charge on any atom is -0.402 e. The SMILES string of the molecule is CN=CC(=C(C)N)c1nc2ccc(N)c(C=N)c2c2c1CCCC2. The van der Waals surface area contributed by atoms with Gasteiger partial charge in [-0.05, 0) is 55.9 Å². The number of hydrogen-bond acceptors (Lipinski definition) is 5. The highest BCUT2D eigenvalue weighted by Gasteiger charge is 2.22. The van der Waals surface area contributed by atoms with Gasteiger partial charge in [-0.1, -0.05) is 0 Å². The van der Waals surface area contributed by atoms with Crippen molar-refractivity contribution in [2.45, 2.75) is 32.6 Å². The van der Waals surface area contributed by atoms with Crippen molar-refractivity contribution in [3.63, 3.8) is 0 Å². The molecule has 0 bridgehead atoms. The molecule has 0 spiro atoms. The second-order valence-electron chi connectivity index (χ2n) is 6.22. The van der Waals surface area contributed by atoms with E-state index in [-0.39, 0.29) is 0 Å². The maximum Gasteiger partial charge on any atom is 0.0777 e. The molecule has 1 aromatic heterocycles. The van der Waals surface area contributed by atoms with Crippen LogP contribution in [0.15, 0.2) is 22.8 Å². The maximum absolute atomic E-state index is 7.77. The van der Waals surface area contributed by atoms with Gasteiger partial charge < -0.3 is 16.9 Å². The Balaban J connectivity index is 2.44. The summed E-state index contributed by atoms with van der Waals surface area (Å²) in [4.78, 5) is 9.04. The van der Waals surface area contributed by atoms with Gasteiger partial charge in [0.25, 0.3) is 0 Å². The highest BCUT2D eigenvalue weighted by molar-refractivity contribution is 6.12. The number of aliphatic imine (C=N–C) groups is 1. The van der Waals surface area contributed by atoms with Gasteiger partial charge in [0.1, 0.15) is 0 Å². The van der Waals surface area contributed by atoms with Gasteiger partial charge in [-0.3, -0.25) is 4.99 Å². The number of nitrogens with two attached hydrogens (primary N) is 2. The van der Waals surface area contributed by atoms with Gasteiger partial charge in [0.15, 0.2) is 0 Å². The number of allylic oxidation sites excluding steroid dienone is 2. The van der Waals surface area contributed by atoms with Crippen LogP contribution in [0.2, 0.25) is 0 Å². The highest BCUT2D eigenvalue weighted by Crippen LogP contribution is 2.35. The third-order valence-corrected chi connectivity index (χ3v) is 4.63. The first-order chi connectivity index (χ1) is 11.6. The van der Waals surface area contributed by atoms with E-state index in [0.29, 0.717) is 11.4 Å². The van der Waals surface area contributed by atoms with Gasteiger partial charge in [0.05, 0.1) is 11.2 Å². The summed E-state index contributed by atoms with van der Waals surface area (Å²) in [6.45, 7) is 1.88. The summed E-state index contributed by atoms with van der Waals surface area (Å²) < 4.78 is 0. The van der Waals surface area contributed by atoms with Crippen LogP contribution in [0.1, 0.15) is 42.1 Å². The molecular weight excluding hydrogens is 298 g/mol. The first-order valence-electron chi connectivity index (χ1n) is 8.21. The van der Waals surface area contributed by atoms with E-state index >= 15 is 0 Å². The fraction of sp³-hybridized carbons (Fsp3) is 0.316. The molecule has 0 aliphatic heterocycles. The summed E-state index contributed by atoms with van der Waals surface area (Å²) in [7, 11) is 1.74. The number of hydrogen-bond donors (Lipinski definition) is 3. The lowest BCUT2D eigenvalue weighted by Crippen LogP contribution is -2.13. The average Bonchev–Trinajstić information content (AvgIpc) is 2.59. The number of nitrogen functional groups attached to an aromatic ring is 1. The number of nitrogens with one attached hydrogen (secondary N) is 1. The van der Waals surface area contributed by atoms with Crippen molar-refractivity contribution in [2.75, 3.05) is 12.8 Å². The lowest BCUT2D eigenvalue weighted by molar-refractivity contribution is 0.686. The molecule has 24 heavy (non-hydrogen) atoms. The Hall–Kier alpha value is -2.69. The molecule has 0 saturated heterocycles. The smallest absolute Gasteiger partial charge is 0.0777 e. The Morgan fingerprint density at radius 3 is 2.58 bits per heavy atom. The number of nitrogens with zero attached hydrogens (tertiary/aromatic N) is 2. The molecule has 124 valence electrons. The zero-order valence-electron chi connectivity index (χ0n) is 14.2. The van der Waals surface area contributed by atoms with Gasteiger partial charge in [-0.2, -0.15) is 0 Å². The molecule has 5 nitrogen and oxygen atoms in total. The molecule has 0 unspecified atom stereocenters. The molecular formula is C19H23N5. The van der Waals surface area contributed by atoms with Crippen molar-refractivity contribution in [1.29, 1.82) is 5.41 Å². The minimum absolute atomic E-state index is 0.626. The molecule has 1 aliphatic rings. The maximum atomic E-state index is 7.77. The molecule has 0 amide bonds. The number of benzene rings is 1. The van der Waals surface area contributed by atoms with Crippen molar-refractivity contribution in [2.24, 2.45) is 10.7 Å². The zero-order chi connectivity index (χ0) is 17.3. The van der Waals surface area contributed by atoms with Gasteiger partial charge >= 0.3 is 0 Å². The fourth-order valence-corrected chi connectivity index (χ4v) is 3.52. The molecule has 1 aromatic carbocycles. The lowest BCUT2D eigenvalue weighted by atomic mass is 9.84.